The van der Waals surface area contributed by atoms with Gasteiger partial charge in [0.25, 0.3) is 0 Å². The summed E-state index contributed by atoms with van der Waals surface area (Å²) in [5.74, 6) is 1.02. The molecule has 0 aliphatic carbocycles. The first-order valence-corrected chi connectivity index (χ1v) is 11.3. The molecule has 1 fully saturated rings. The van der Waals surface area contributed by atoms with Crippen LogP contribution in [0.15, 0.2) is 36.4 Å². The second kappa shape index (κ2) is 9.00. The van der Waals surface area contributed by atoms with Gasteiger partial charge < -0.3 is 19.7 Å². The topological polar surface area (TPSA) is 53.4 Å². The van der Waals surface area contributed by atoms with Gasteiger partial charge in [-0.1, -0.05) is 13.3 Å². The van der Waals surface area contributed by atoms with Crippen LogP contribution in [0.25, 0.3) is 11.0 Å². The monoisotopic (exact) mass is 419 g/mol. The first-order chi connectivity index (χ1) is 15.0. The summed E-state index contributed by atoms with van der Waals surface area (Å²) in [4.78, 5) is 20.7. The Morgan fingerprint density at radius 1 is 1.06 bits per heavy atom. The molecule has 1 aliphatic heterocycles. The number of anilines is 3. The number of piperazine rings is 1. The molecule has 4 rings (SSSR count). The number of carbonyl (C=O) groups is 1. The standard InChI is InChI=1S/C25H33N5O/c1-5-6-7-23-18(2)22-12-13-24(27-25(22)28(23)4)26-20-8-10-21(11-9-20)30-16-14-29(15-17-30)19(3)31/h8-13H,5-7,14-17H2,1-4H3,(H,26,27). The van der Waals surface area contributed by atoms with E-state index < -0.39 is 0 Å². The number of nitrogens with zero attached hydrogens (tertiary/aromatic N) is 4. The zero-order valence-electron chi connectivity index (χ0n) is 19.1. The largest absolute Gasteiger partial charge is 0.368 e. The number of hydrogen-bond donors (Lipinski definition) is 1. The van der Waals surface area contributed by atoms with E-state index in [1.54, 1.807) is 6.92 Å². The van der Waals surface area contributed by atoms with E-state index >= 15 is 0 Å². The van der Waals surface area contributed by atoms with E-state index in [-0.39, 0.29) is 5.91 Å². The highest BCUT2D eigenvalue weighted by Gasteiger charge is 2.18. The molecule has 1 N–H and O–H groups in total. The van der Waals surface area contributed by atoms with Crippen molar-refractivity contribution < 1.29 is 4.79 Å². The molecule has 3 aromatic rings. The Labute approximate surface area is 184 Å². The number of rotatable bonds is 6. The highest BCUT2D eigenvalue weighted by Crippen LogP contribution is 2.27. The minimum Gasteiger partial charge on any atom is -0.368 e. The molecule has 0 atom stereocenters. The van der Waals surface area contributed by atoms with Crippen LogP contribution < -0.4 is 10.2 Å². The minimum absolute atomic E-state index is 0.162. The first-order valence-electron chi connectivity index (χ1n) is 11.3. The van der Waals surface area contributed by atoms with Gasteiger partial charge in [-0.2, -0.15) is 0 Å². The van der Waals surface area contributed by atoms with Gasteiger partial charge in [0, 0.05) is 62.6 Å². The quantitative estimate of drug-likeness (QED) is 0.633. The maximum atomic E-state index is 11.5. The number of pyridine rings is 1. The Hall–Kier alpha value is -3.02. The van der Waals surface area contributed by atoms with Gasteiger partial charge in [0.2, 0.25) is 5.91 Å². The number of benzene rings is 1. The maximum absolute atomic E-state index is 11.5. The van der Waals surface area contributed by atoms with Crippen molar-refractivity contribution >= 4 is 34.1 Å². The van der Waals surface area contributed by atoms with E-state index in [9.17, 15) is 4.79 Å². The van der Waals surface area contributed by atoms with Crippen molar-refractivity contribution in [2.24, 2.45) is 7.05 Å². The van der Waals surface area contributed by atoms with Crippen LogP contribution in [0.5, 0.6) is 0 Å². The summed E-state index contributed by atoms with van der Waals surface area (Å²) in [5.41, 5.74) is 5.98. The van der Waals surface area contributed by atoms with E-state index in [0.717, 1.165) is 49.8 Å². The van der Waals surface area contributed by atoms with Gasteiger partial charge in [0.15, 0.2) is 0 Å². The Bertz CT molecular complexity index is 1060. The zero-order chi connectivity index (χ0) is 22.0. The maximum Gasteiger partial charge on any atom is 0.219 e. The van der Waals surface area contributed by atoms with Crippen molar-refractivity contribution in [2.45, 2.75) is 40.0 Å². The number of amides is 1. The van der Waals surface area contributed by atoms with E-state index in [1.165, 1.54) is 35.2 Å². The fraction of sp³-hybridized carbons (Fsp3) is 0.440. The number of fused-ring (bicyclic) bond motifs is 1. The lowest BCUT2D eigenvalue weighted by Gasteiger charge is -2.35. The normalized spacial score (nSPS) is 14.3. The molecule has 3 heterocycles. The third-order valence-electron chi connectivity index (χ3n) is 6.43. The smallest absolute Gasteiger partial charge is 0.219 e. The molecule has 31 heavy (non-hydrogen) atoms. The predicted molar refractivity (Wildman–Crippen MR) is 128 cm³/mol. The van der Waals surface area contributed by atoms with Crippen LogP contribution in [-0.2, 0) is 18.3 Å². The van der Waals surface area contributed by atoms with Crippen LogP contribution in [0.4, 0.5) is 17.2 Å². The van der Waals surface area contributed by atoms with Gasteiger partial charge in [-0.3, -0.25) is 4.79 Å². The summed E-state index contributed by atoms with van der Waals surface area (Å²) in [7, 11) is 2.12. The molecule has 0 spiro atoms. The van der Waals surface area contributed by atoms with Crippen LogP contribution in [0, 0.1) is 6.92 Å². The third kappa shape index (κ3) is 4.38. The fourth-order valence-corrected chi connectivity index (χ4v) is 4.48. The van der Waals surface area contributed by atoms with Gasteiger partial charge in [0.1, 0.15) is 11.5 Å². The zero-order valence-corrected chi connectivity index (χ0v) is 19.1. The second-order valence-corrected chi connectivity index (χ2v) is 8.47. The number of unbranched alkanes of at least 4 members (excludes halogenated alkanes) is 1. The van der Waals surface area contributed by atoms with Gasteiger partial charge in [0.05, 0.1) is 0 Å². The van der Waals surface area contributed by atoms with Crippen LogP contribution in [0.2, 0.25) is 0 Å². The summed E-state index contributed by atoms with van der Waals surface area (Å²) in [5, 5.41) is 4.69. The Balaban J connectivity index is 1.47. The number of carbonyl (C=O) groups excluding carboxylic acids is 1. The molecular weight excluding hydrogens is 386 g/mol. The van der Waals surface area contributed by atoms with Crippen molar-refractivity contribution in [2.75, 3.05) is 36.4 Å². The van der Waals surface area contributed by atoms with Gasteiger partial charge in [-0.25, -0.2) is 4.98 Å². The molecule has 0 saturated carbocycles. The highest BCUT2D eigenvalue weighted by molar-refractivity contribution is 5.84. The molecule has 1 saturated heterocycles. The Kier molecular flexibility index (Phi) is 6.16. The number of aromatic nitrogens is 2. The highest BCUT2D eigenvalue weighted by atomic mass is 16.2. The molecule has 0 unspecified atom stereocenters. The Morgan fingerprint density at radius 3 is 2.42 bits per heavy atom. The van der Waals surface area contributed by atoms with E-state index in [4.69, 9.17) is 4.98 Å². The van der Waals surface area contributed by atoms with Crippen molar-refractivity contribution in [3.05, 3.63) is 47.7 Å². The van der Waals surface area contributed by atoms with Crippen LogP contribution in [-0.4, -0.2) is 46.5 Å². The van der Waals surface area contributed by atoms with Gasteiger partial charge >= 0.3 is 0 Å². The van der Waals surface area contributed by atoms with Crippen LogP contribution >= 0.6 is 0 Å². The first kappa shape index (κ1) is 21.2. The summed E-state index contributed by atoms with van der Waals surface area (Å²) in [6, 6.07) is 12.7. The number of aryl methyl sites for hydroxylation is 2. The van der Waals surface area contributed by atoms with Gasteiger partial charge in [-0.05, 0) is 61.7 Å². The second-order valence-electron chi connectivity index (χ2n) is 8.47. The van der Waals surface area contributed by atoms with E-state index in [1.807, 2.05) is 4.90 Å². The average molecular weight is 420 g/mol. The lowest BCUT2D eigenvalue weighted by molar-refractivity contribution is -0.129. The lowest BCUT2D eigenvalue weighted by atomic mass is 10.1. The van der Waals surface area contributed by atoms with Gasteiger partial charge in [-0.15, -0.1) is 0 Å². The summed E-state index contributed by atoms with van der Waals surface area (Å²) >= 11 is 0. The van der Waals surface area contributed by atoms with Crippen LogP contribution in [0.1, 0.15) is 37.9 Å². The molecule has 6 nitrogen and oxygen atoms in total. The number of nitrogens with one attached hydrogen (secondary N) is 1. The summed E-state index contributed by atoms with van der Waals surface area (Å²) in [6.07, 6.45) is 3.50. The average Bonchev–Trinajstić information content (AvgIpc) is 3.02. The lowest BCUT2D eigenvalue weighted by Crippen LogP contribution is -2.48. The molecule has 0 bridgehead atoms. The van der Waals surface area contributed by atoms with Crippen molar-refractivity contribution in [1.82, 2.24) is 14.5 Å². The summed E-state index contributed by atoms with van der Waals surface area (Å²) in [6.45, 7) is 9.40. The molecule has 164 valence electrons. The van der Waals surface area contributed by atoms with Crippen LogP contribution in [0.3, 0.4) is 0 Å². The minimum atomic E-state index is 0.162. The van der Waals surface area contributed by atoms with Crippen molar-refractivity contribution in [3.63, 3.8) is 0 Å². The van der Waals surface area contributed by atoms with Crippen molar-refractivity contribution in [3.8, 4) is 0 Å². The van der Waals surface area contributed by atoms with E-state index in [2.05, 4.69) is 72.1 Å². The molecular formula is C25H33N5O. The number of hydrogen-bond acceptors (Lipinski definition) is 4. The SMILES string of the molecule is CCCCc1c(C)c2ccc(Nc3ccc(N4CCN(C(C)=O)CC4)cc3)nc2n1C. The Morgan fingerprint density at radius 2 is 1.77 bits per heavy atom. The predicted octanol–water partition coefficient (Wildman–Crippen LogP) is 4.64. The molecule has 6 heteroatoms. The molecule has 2 aromatic heterocycles. The van der Waals surface area contributed by atoms with E-state index in [0.29, 0.717) is 0 Å². The molecule has 1 amide bonds. The third-order valence-corrected chi connectivity index (χ3v) is 6.43. The van der Waals surface area contributed by atoms with Crippen molar-refractivity contribution in [1.29, 1.82) is 0 Å². The fourth-order valence-electron chi connectivity index (χ4n) is 4.48. The molecule has 1 aromatic carbocycles. The molecule has 1 aliphatic rings. The summed E-state index contributed by atoms with van der Waals surface area (Å²) < 4.78 is 2.25. The molecule has 0 radical (unpaired) electrons.